The second-order valence-corrected chi connectivity index (χ2v) is 5.14. The smallest absolute Gasteiger partial charge is 0.250 e. The van der Waals surface area contributed by atoms with Gasteiger partial charge in [0.15, 0.2) is 0 Å². The van der Waals surface area contributed by atoms with Crippen LogP contribution >= 0.6 is 0 Å². The van der Waals surface area contributed by atoms with Crippen LogP contribution in [0.5, 0.6) is 0 Å². The van der Waals surface area contributed by atoms with Crippen LogP contribution in [0.25, 0.3) is 0 Å². The van der Waals surface area contributed by atoms with Gasteiger partial charge in [0.05, 0.1) is 0 Å². The molecule has 0 N–H and O–H groups in total. The number of rotatable bonds is 0. The Hall–Kier alpha value is -0.290. The molecule has 2 nitrogen and oxygen atoms in total. The lowest BCUT2D eigenvalue weighted by atomic mass is 10.1. The Morgan fingerprint density at radius 2 is 1.21 bits per heavy atom. The maximum Gasteiger partial charge on any atom is 0.250 e. The van der Waals surface area contributed by atoms with Crippen LogP contribution in [0.4, 0.5) is 13.2 Å². The van der Waals surface area contributed by atoms with Crippen LogP contribution in [-0.2, 0) is 0 Å². The summed E-state index contributed by atoms with van der Waals surface area (Å²) in [5.74, 6) is -2.38. The Bertz CT molecular complexity index is 197. The van der Waals surface area contributed by atoms with Crippen LogP contribution in [0.3, 0.4) is 0 Å². The van der Waals surface area contributed by atoms with Crippen LogP contribution in [0.1, 0.15) is 39.5 Å². The molecule has 0 bridgehead atoms. The standard InChI is InChI=1S/C6H11F2N.C6H12FN.C2H6/c1-9-4-2-6(7,8)3-5-9;1-8-4-2-6(7)3-5-8;1-2/h2-5H2,1H3;6H,2-5H2,1H3;1-2H3. The summed E-state index contributed by atoms with van der Waals surface area (Å²) in [6, 6.07) is 0. The van der Waals surface area contributed by atoms with Crippen molar-refractivity contribution in [1.29, 1.82) is 0 Å². The van der Waals surface area contributed by atoms with Crippen LogP contribution in [-0.4, -0.2) is 62.2 Å². The van der Waals surface area contributed by atoms with Crippen molar-refractivity contribution in [3.63, 3.8) is 0 Å². The molecule has 5 heteroatoms. The van der Waals surface area contributed by atoms with E-state index in [-0.39, 0.29) is 12.8 Å². The molecule has 2 aliphatic heterocycles. The largest absolute Gasteiger partial charge is 0.306 e. The predicted molar refractivity (Wildman–Crippen MR) is 74.7 cm³/mol. The summed E-state index contributed by atoms with van der Waals surface area (Å²) in [5.41, 5.74) is 0. The molecule has 116 valence electrons. The fraction of sp³-hybridized carbons (Fsp3) is 1.00. The van der Waals surface area contributed by atoms with E-state index in [1.54, 1.807) is 0 Å². The molecule has 19 heavy (non-hydrogen) atoms. The summed E-state index contributed by atoms with van der Waals surface area (Å²) in [4.78, 5) is 4.09. The molecule has 0 aromatic carbocycles. The maximum atomic E-state index is 12.4. The fourth-order valence-corrected chi connectivity index (χ4v) is 1.92. The summed E-state index contributed by atoms with van der Waals surface area (Å²) in [6.45, 7) is 6.93. The highest BCUT2D eigenvalue weighted by Crippen LogP contribution is 2.26. The Morgan fingerprint density at radius 3 is 1.53 bits per heavy atom. The SMILES string of the molecule is CC.CN1CCC(F)(F)CC1.CN1CCC(F)CC1. The molecule has 2 fully saturated rings. The van der Waals surface area contributed by atoms with E-state index in [0.717, 1.165) is 25.9 Å². The average Bonchev–Trinajstić information content (AvgIpc) is 2.40. The number of piperidine rings is 2. The number of hydrogen-bond donors (Lipinski definition) is 0. The molecule has 0 aromatic heterocycles. The molecular formula is C14H29F3N2. The minimum atomic E-state index is -2.38. The fourth-order valence-electron chi connectivity index (χ4n) is 1.92. The van der Waals surface area contributed by atoms with Crippen LogP contribution in [0.15, 0.2) is 0 Å². The third kappa shape index (κ3) is 9.27. The first-order valence-corrected chi connectivity index (χ1v) is 7.28. The van der Waals surface area contributed by atoms with Crippen molar-refractivity contribution in [2.24, 2.45) is 0 Å². The van der Waals surface area contributed by atoms with Crippen molar-refractivity contribution in [3.05, 3.63) is 0 Å². The molecular weight excluding hydrogens is 253 g/mol. The number of halogens is 3. The van der Waals surface area contributed by atoms with Gasteiger partial charge in [0.2, 0.25) is 0 Å². The zero-order valence-corrected chi connectivity index (χ0v) is 12.8. The summed E-state index contributed by atoms with van der Waals surface area (Å²) in [5, 5.41) is 0. The molecule has 0 spiro atoms. The van der Waals surface area contributed by atoms with Gasteiger partial charge in [-0.1, -0.05) is 13.8 Å². The third-order valence-corrected chi connectivity index (χ3v) is 3.37. The van der Waals surface area contributed by atoms with Crippen molar-refractivity contribution < 1.29 is 13.2 Å². The number of likely N-dealkylation sites (tertiary alicyclic amines) is 2. The molecule has 0 aliphatic carbocycles. The van der Waals surface area contributed by atoms with Gasteiger partial charge in [0.25, 0.3) is 5.92 Å². The monoisotopic (exact) mass is 282 g/mol. The summed E-state index contributed by atoms with van der Waals surface area (Å²) in [7, 11) is 3.90. The van der Waals surface area contributed by atoms with Gasteiger partial charge in [-0.2, -0.15) is 0 Å². The second-order valence-electron chi connectivity index (χ2n) is 5.14. The summed E-state index contributed by atoms with van der Waals surface area (Å²) in [6.07, 6.45) is 1.01. The predicted octanol–water partition coefficient (Wildman–Crippen LogP) is 3.42. The lowest BCUT2D eigenvalue weighted by molar-refractivity contribution is -0.0504. The van der Waals surface area contributed by atoms with Gasteiger partial charge in [-0.3, -0.25) is 0 Å². The van der Waals surface area contributed by atoms with Gasteiger partial charge in [-0.25, -0.2) is 13.2 Å². The van der Waals surface area contributed by atoms with Gasteiger partial charge >= 0.3 is 0 Å². The zero-order chi connectivity index (χ0) is 14.9. The minimum absolute atomic E-state index is 0.0312. The van der Waals surface area contributed by atoms with E-state index in [1.165, 1.54) is 0 Å². The zero-order valence-electron chi connectivity index (χ0n) is 12.8. The van der Waals surface area contributed by atoms with Crippen LogP contribution < -0.4 is 0 Å². The first-order chi connectivity index (χ1) is 8.89. The van der Waals surface area contributed by atoms with Gasteiger partial charge in [-0.15, -0.1) is 0 Å². The van der Waals surface area contributed by atoms with Crippen molar-refractivity contribution in [2.45, 2.75) is 51.6 Å². The van der Waals surface area contributed by atoms with Gasteiger partial charge in [-0.05, 0) is 26.9 Å². The molecule has 0 unspecified atom stereocenters. The Labute approximate surface area is 115 Å². The summed E-state index contributed by atoms with van der Waals surface area (Å²) >= 11 is 0. The number of nitrogens with zero attached hydrogens (tertiary/aromatic N) is 2. The molecule has 0 radical (unpaired) electrons. The van der Waals surface area contributed by atoms with Gasteiger partial charge in [0, 0.05) is 39.0 Å². The Kier molecular flexibility index (Phi) is 9.44. The van der Waals surface area contributed by atoms with Crippen molar-refractivity contribution in [3.8, 4) is 0 Å². The first-order valence-electron chi connectivity index (χ1n) is 7.28. The molecule has 0 atom stereocenters. The van der Waals surface area contributed by atoms with Crippen LogP contribution in [0, 0.1) is 0 Å². The minimum Gasteiger partial charge on any atom is -0.306 e. The van der Waals surface area contributed by atoms with Crippen molar-refractivity contribution in [1.82, 2.24) is 9.80 Å². The second kappa shape index (κ2) is 9.59. The average molecular weight is 282 g/mol. The lowest BCUT2D eigenvalue weighted by Gasteiger charge is -2.28. The van der Waals surface area contributed by atoms with E-state index >= 15 is 0 Å². The molecule has 0 saturated carbocycles. The van der Waals surface area contributed by atoms with E-state index in [1.807, 2.05) is 32.8 Å². The number of alkyl halides is 3. The van der Waals surface area contributed by atoms with E-state index in [0.29, 0.717) is 13.1 Å². The molecule has 2 saturated heterocycles. The van der Waals surface area contributed by atoms with Gasteiger partial charge < -0.3 is 9.80 Å². The Balaban J connectivity index is 0.000000303. The van der Waals surface area contributed by atoms with Crippen molar-refractivity contribution in [2.75, 3.05) is 40.3 Å². The van der Waals surface area contributed by atoms with Crippen molar-refractivity contribution >= 4 is 0 Å². The summed E-state index contributed by atoms with van der Waals surface area (Å²) < 4.78 is 37.0. The quantitative estimate of drug-likeness (QED) is 0.671. The lowest BCUT2D eigenvalue weighted by Crippen LogP contribution is -2.36. The van der Waals surface area contributed by atoms with Crippen LogP contribution in [0.2, 0.25) is 0 Å². The topological polar surface area (TPSA) is 6.48 Å². The first kappa shape index (κ1) is 18.7. The normalized spacial score (nSPS) is 24.8. The molecule has 0 aromatic rings. The van der Waals surface area contributed by atoms with E-state index in [4.69, 9.17) is 0 Å². The number of hydrogen-bond acceptors (Lipinski definition) is 2. The molecule has 2 heterocycles. The molecule has 0 amide bonds. The highest BCUT2D eigenvalue weighted by atomic mass is 19.3. The van der Waals surface area contributed by atoms with E-state index in [2.05, 4.69) is 4.90 Å². The van der Waals surface area contributed by atoms with E-state index < -0.39 is 12.1 Å². The molecule has 2 aliphatic rings. The van der Waals surface area contributed by atoms with E-state index in [9.17, 15) is 13.2 Å². The van der Waals surface area contributed by atoms with Gasteiger partial charge in [0.1, 0.15) is 6.17 Å². The highest BCUT2D eigenvalue weighted by molar-refractivity contribution is 4.75. The highest BCUT2D eigenvalue weighted by Gasteiger charge is 2.32. The Morgan fingerprint density at radius 1 is 0.842 bits per heavy atom. The maximum absolute atomic E-state index is 12.4. The molecule has 2 rings (SSSR count). The third-order valence-electron chi connectivity index (χ3n) is 3.37.